The zero-order valence-corrected chi connectivity index (χ0v) is 17.9. The van der Waals surface area contributed by atoms with Crippen molar-refractivity contribution in [2.45, 2.75) is 82.8 Å². The number of carbonyl (C=O) groups is 2. The van der Waals surface area contributed by atoms with E-state index in [0.717, 1.165) is 37.7 Å². The van der Waals surface area contributed by atoms with Crippen LogP contribution >= 0.6 is 0 Å². The topological polar surface area (TPSA) is 94.6 Å². The third kappa shape index (κ3) is 5.31. The third-order valence-corrected chi connectivity index (χ3v) is 6.81. The number of carboxylic acid groups (broad SMARTS) is 1. The first-order chi connectivity index (χ1) is 14.5. The molecular weight excluding hydrogens is 380 g/mol. The van der Waals surface area contributed by atoms with Gasteiger partial charge in [0.1, 0.15) is 11.9 Å². The molecule has 2 saturated carbocycles. The second-order valence-electron chi connectivity index (χ2n) is 9.22. The molecule has 1 aromatic heterocycles. The molecule has 1 amide bonds. The lowest BCUT2D eigenvalue weighted by atomic mass is 9.76. The Bertz CT molecular complexity index is 774. The molecule has 2 aliphatic carbocycles. The summed E-state index contributed by atoms with van der Waals surface area (Å²) in [5.41, 5.74) is 2.53. The number of carbonyl (C=O) groups excluding carboxylic acids is 1. The van der Waals surface area contributed by atoms with Crippen molar-refractivity contribution >= 4 is 17.7 Å². The van der Waals surface area contributed by atoms with E-state index in [1.54, 1.807) is 0 Å². The Morgan fingerprint density at radius 1 is 1.30 bits per heavy atom. The Morgan fingerprint density at radius 3 is 2.80 bits per heavy atom. The second kappa shape index (κ2) is 9.33. The van der Waals surface area contributed by atoms with E-state index in [2.05, 4.69) is 27.7 Å². The summed E-state index contributed by atoms with van der Waals surface area (Å²) in [6, 6.07) is 4.80. The van der Waals surface area contributed by atoms with Crippen molar-refractivity contribution < 1.29 is 14.7 Å². The molecule has 0 radical (unpaired) electrons. The summed E-state index contributed by atoms with van der Waals surface area (Å²) in [6.45, 7) is 3.14. The number of aromatic nitrogens is 1. The molecular formula is C23H34N4O3. The van der Waals surface area contributed by atoms with Gasteiger partial charge >= 0.3 is 5.97 Å². The molecule has 3 aliphatic rings. The Balaban J connectivity index is 1.23. The van der Waals surface area contributed by atoms with E-state index in [0.29, 0.717) is 18.5 Å². The van der Waals surface area contributed by atoms with Gasteiger partial charge in [-0.15, -0.1) is 0 Å². The zero-order chi connectivity index (χ0) is 21.1. The summed E-state index contributed by atoms with van der Waals surface area (Å²) in [7, 11) is 0. The Morgan fingerprint density at radius 2 is 2.10 bits per heavy atom. The molecule has 4 rings (SSSR count). The molecule has 164 valence electrons. The van der Waals surface area contributed by atoms with E-state index in [1.807, 2.05) is 0 Å². The minimum atomic E-state index is -0.945. The van der Waals surface area contributed by atoms with Gasteiger partial charge in [-0.3, -0.25) is 9.69 Å². The SMILES string of the molecule is CC(=O)NC(CCN(C1CC1)C1CC(CCc2ccc3c(n2)NCCC3)C1)C(=O)O. The van der Waals surface area contributed by atoms with Gasteiger partial charge in [-0.25, -0.2) is 9.78 Å². The molecule has 1 aromatic rings. The molecule has 30 heavy (non-hydrogen) atoms. The molecule has 1 atom stereocenters. The maximum Gasteiger partial charge on any atom is 0.326 e. The number of pyridine rings is 1. The number of nitrogens with zero attached hydrogens (tertiary/aromatic N) is 2. The van der Waals surface area contributed by atoms with Crippen LogP contribution in [0, 0.1) is 5.92 Å². The molecule has 2 heterocycles. The summed E-state index contributed by atoms with van der Waals surface area (Å²) in [5, 5.41) is 15.3. The minimum Gasteiger partial charge on any atom is -0.480 e. The van der Waals surface area contributed by atoms with Crippen molar-refractivity contribution in [3.05, 3.63) is 23.4 Å². The Labute approximate surface area is 178 Å². The van der Waals surface area contributed by atoms with Crippen LogP contribution in [0.15, 0.2) is 12.1 Å². The Kier molecular flexibility index (Phi) is 6.56. The molecule has 0 aromatic carbocycles. The van der Waals surface area contributed by atoms with E-state index in [9.17, 15) is 14.7 Å². The highest BCUT2D eigenvalue weighted by Crippen LogP contribution is 2.40. The fourth-order valence-electron chi connectivity index (χ4n) is 4.92. The summed E-state index contributed by atoms with van der Waals surface area (Å²) in [4.78, 5) is 30.0. The smallest absolute Gasteiger partial charge is 0.326 e. The lowest BCUT2D eigenvalue weighted by molar-refractivity contribution is -0.142. The van der Waals surface area contributed by atoms with Crippen LogP contribution in [-0.4, -0.2) is 58.1 Å². The normalized spacial score (nSPS) is 23.8. The monoisotopic (exact) mass is 414 g/mol. The van der Waals surface area contributed by atoms with E-state index in [-0.39, 0.29) is 5.91 Å². The molecule has 2 fully saturated rings. The van der Waals surface area contributed by atoms with E-state index < -0.39 is 12.0 Å². The highest BCUT2D eigenvalue weighted by Gasteiger charge is 2.40. The summed E-state index contributed by atoms with van der Waals surface area (Å²) >= 11 is 0. The summed E-state index contributed by atoms with van der Waals surface area (Å²) in [6.07, 6.45) is 9.79. The van der Waals surface area contributed by atoms with Gasteiger partial charge < -0.3 is 15.7 Å². The highest BCUT2D eigenvalue weighted by atomic mass is 16.4. The van der Waals surface area contributed by atoms with Crippen LogP contribution in [0.3, 0.4) is 0 Å². The predicted octanol–water partition coefficient (Wildman–Crippen LogP) is 2.59. The van der Waals surface area contributed by atoms with Crippen molar-refractivity contribution in [2.24, 2.45) is 5.92 Å². The van der Waals surface area contributed by atoms with Crippen LogP contribution in [-0.2, 0) is 22.4 Å². The van der Waals surface area contributed by atoms with Gasteiger partial charge in [0.15, 0.2) is 0 Å². The van der Waals surface area contributed by atoms with Crippen molar-refractivity contribution in [1.82, 2.24) is 15.2 Å². The maximum atomic E-state index is 11.4. The fourth-order valence-corrected chi connectivity index (χ4v) is 4.92. The fraction of sp³-hybridized carbons (Fsp3) is 0.696. The molecule has 0 bridgehead atoms. The van der Waals surface area contributed by atoms with Crippen LogP contribution in [0.25, 0.3) is 0 Å². The van der Waals surface area contributed by atoms with Crippen molar-refractivity contribution in [3.8, 4) is 0 Å². The van der Waals surface area contributed by atoms with Gasteiger partial charge in [-0.2, -0.15) is 0 Å². The number of nitrogens with one attached hydrogen (secondary N) is 2. The standard InChI is InChI=1S/C23H34N4O3/c1-15(28)25-21(23(29)30)10-12-27(19-8-9-19)20-13-16(14-20)4-6-18-7-5-17-3-2-11-24-22(17)26-18/h5,7,16,19-21H,2-4,6,8-14H2,1H3,(H,24,26)(H,25,28)(H,29,30). The lowest BCUT2D eigenvalue weighted by Gasteiger charge is -2.44. The van der Waals surface area contributed by atoms with Crippen molar-refractivity contribution in [1.29, 1.82) is 0 Å². The quantitative estimate of drug-likeness (QED) is 0.545. The van der Waals surface area contributed by atoms with Gasteiger partial charge in [-0.1, -0.05) is 6.07 Å². The van der Waals surface area contributed by atoms with Crippen molar-refractivity contribution in [2.75, 3.05) is 18.4 Å². The number of amides is 1. The van der Waals surface area contributed by atoms with E-state index in [1.165, 1.54) is 56.7 Å². The van der Waals surface area contributed by atoms with E-state index >= 15 is 0 Å². The first-order valence-electron chi connectivity index (χ1n) is 11.5. The summed E-state index contributed by atoms with van der Waals surface area (Å²) < 4.78 is 0. The number of carboxylic acids is 1. The molecule has 1 aliphatic heterocycles. The number of aryl methyl sites for hydroxylation is 2. The van der Waals surface area contributed by atoms with Gasteiger partial charge in [0.25, 0.3) is 0 Å². The van der Waals surface area contributed by atoms with Gasteiger partial charge in [0.05, 0.1) is 0 Å². The molecule has 3 N–H and O–H groups in total. The number of hydrogen-bond donors (Lipinski definition) is 3. The summed E-state index contributed by atoms with van der Waals surface area (Å²) in [5.74, 6) is 0.583. The van der Waals surface area contributed by atoms with Crippen LogP contribution in [0.1, 0.15) is 63.1 Å². The highest BCUT2D eigenvalue weighted by molar-refractivity contribution is 5.82. The average molecular weight is 415 g/mol. The van der Waals surface area contributed by atoms with Crippen LogP contribution < -0.4 is 10.6 Å². The Hall–Kier alpha value is -2.15. The molecule has 0 saturated heterocycles. The number of aliphatic carboxylic acids is 1. The molecule has 7 nitrogen and oxygen atoms in total. The number of anilines is 1. The first kappa shape index (κ1) is 21.1. The predicted molar refractivity (Wildman–Crippen MR) is 115 cm³/mol. The lowest BCUT2D eigenvalue weighted by Crippen LogP contribution is -2.49. The first-order valence-corrected chi connectivity index (χ1v) is 11.5. The average Bonchev–Trinajstić information content (AvgIpc) is 3.52. The van der Waals surface area contributed by atoms with Crippen LogP contribution in [0.2, 0.25) is 0 Å². The molecule has 0 spiro atoms. The number of hydrogen-bond acceptors (Lipinski definition) is 5. The largest absolute Gasteiger partial charge is 0.480 e. The van der Waals surface area contributed by atoms with Crippen LogP contribution in [0.4, 0.5) is 5.82 Å². The zero-order valence-electron chi connectivity index (χ0n) is 17.9. The van der Waals surface area contributed by atoms with E-state index in [4.69, 9.17) is 4.98 Å². The second-order valence-corrected chi connectivity index (χ2v) is 9.22. The minimum absolute atomic E-state index is 0.282. The van der Waals surface area contributed by atoms with Gasteiger partial charge in [0, 0.05) is 37.8 Å². The maximum absolute atomic E-state index is 11.4. The third-order valence-electron chi connectivity index (χ3n) is 6.81. The number of fused-ring (bicyclic) bond motifs is 1. The number of rotatable bonds is 10. The molecule has 1 unspecified atom stereocenters. The molecule has 7 heteroatoms. The van der Waals surface area contributed by atoms with Gasteiger partial charge in [-0.05, 0) is 75.3 Å². The van der Waals surface area contributed by atoms with Gasteiger partial charge in [0.2, 0.25) is 5.91 Å². The van der Waals surface area contributed by atoms with Crippen molar-refractivity contribution in [3.63, 3.8) is 0 Å². The van der Waals surface area contributed by atoms with Crippen LogP contribution in [0.5, 0.6) is 0 Å².